The fourth-order valence-electron chi connectivity index (χ4n) is 3.70. The average Bonchev–Trinajstić information content (AvgIpc) is 2.86. The smallest absolute Gasteiger partial charge is 0.344 e. The van der Waals surface area contributed by atoms with Gasteiger partial charge in [-0.2, -0.15) is 0 Å². The van der Waals surface area contributed by atoms with Gasteiger partial charge in [-0.05, 0) is 37.6 Å². The predicted octanol–water partition coefficient (Wildman–Crippen LogP) is 4.01. The number of carbonyl (C=O) groups is 1. The third-order valence-electron chi connectivity index (χ3n) is 5.37. The highest BCUT2D eigenvalue weighted by Crippen LogP contribution is 2.33. The zero-order chi connectivity index (χ0) is 24.5. The van der Waals surface area contributed by atoms with Crippen LogP contribution in [0.4, 0.5) is 11.5 Å². The van der Waals surface area contributed by atoms with Gasteiger partial charge in [-0.1, -0.05) is 13.3 Å². The molecule has 9 nitrogen and oxygen atoms in total. The number of benzene rings is 1. The fourth-order valence-corrected chi connectivity index (χ4v) is 3.70. The van der Waals surface area contributed by atoms with Crippen LogP contribution in [0.1, 0.15) is 42.6 Å². The van der Waals surface area contributed by atoms with Crippen LogP contribution in [0, 0.1) is 0 Å². The summed E-state index contributed by atoms with van der Waals surface area (Å²) < 4.78 is 16.1. The predicted molar refractivity (Wildman–Crippen MR) is 132 cm³/mol. The SMILES string of the molecule is CCC[C@@H](CO)Nc1c(C(=O)OCC)c(NCc2ccc(OC)cc2OC)nc2cccnc12. The van der Waals surface area contributed by atoms with E-state index in [-0.39, 0.29) is 24.8 Å². The Bertz CT molecular complexity index is 1120. The number of hydrogen-bond acceptors (Lipinski definition) is 9. The van der Waals surface area contributed by atoms with E-state index in [1.807, 2.05) is 25.1 Å². The van der Waals surface area contributed by atoms with Crippen molar-refractivity contribution in [1.82, 2.24) is 9.97 Å². The van der Waals surface area contributed by atoms with Gasteiger partial charge >= 0.3 is 5.97 Å². The molecule has 3 N–H and O–H groups in total. The monoisotopic (exact) mass is 468 g/mol. The van der Waals surface area contributed by atoms with Crippen molar-refractivity contribution in [1.29, 1.82) is 0 Å². The lowest BCUT2D eigenvalue weighted by atomic mass is 10.1. The number of carbonyl (C=O) groups excluding carboxylic acids is 1. The molecular formula is C25H32N4O5. The van der Waals surface area contributed by atoms with E-state index in [1.165, 1.54) is 0 Å². The lowest BCUT2D eigenvalue weighted by molar-refractivity contribution is 0.0528. The van der Waals surface area contributed by atoms with Gasteiger partial charge in [-0.3, -0.25) is 4.98 Å². The van der Waals surface area contributed by atoms with E-state index in [2.05, 4.69) is 20.6 Å². The van der Waals surface area contributed by atoms with Gasteiger partial charge in [0.15, 0.2) is 0 Å². The Balaban J connectivity index is 2.09. The quantitative estimate of drug-likeness (QED) is 0.339. The van der Waals surface area contributed by atoms with Gasteiger partial charge in [0.1, 0.15) is 28.4 Å². The molecule has 0 saturated heterocycles. The average molecular weight is 469 g/mol. The molecule has 3 rings (SSSR count). The molecule has 0 bridgehead atoms. The molecule has 0 saturated carbocycles. The summed E-state index contributed by atoms with van der Waals surface area (Å²) in [5.74, 6) is 1.16. The number of esters is 1. The third kappa shape index (κ3) is 5.66. The van der Waals surface area contributed by atoms with E-state index in [0.717, 1.165) is 18.4 Å². The van der Waals surface area contributed by atoms with Crippen molar-refractivity contribution in [2.75, 3.05) is 38.1 Å². The Morgan fingerprint density at radius 3 is 2.68 bits per heavy atom. The van der Waals surface area contributed by atoms with E-state index >= 15 is 0 Å². The van der Waals surface area contributed by atoms with Crippen molar-refractivity contribution >= 4 is 28.5 Å². The molecule has 182 valence electrons. The number of nitrogens with one attached hydrogen (secondary N) is 2. The normalized spacial score (nSPS) is 11.7. The number of pyridine rings is 2. The summed E-state index contributed by atoms with van der Waals surface area (Å²) in [5, 5.41) is 16.5. The zero-order valence-electron chi connectivity index (χ0n) is 20.1. The number of aliphatic hydroxyl groups is 1. The molecule has 9 heteroatoms. The molecule has 0 aliphatic rings. The maximum Gasteiger partial charge on any atom is 0.344 e. The second-order valence-electron chi connectivity index (χ2n) is 7.65. The minimum atomic E-state index is -0.526. The molecule has 0 amide bonds. The van der Waals surface area contributed by atoms with Crippen molar-refractivity contribution in [2.45, 2.75) is 39.3 Å². The highest BCUT2D eigenvalue weighted by molar-refractivity contribution is 6.08. The van der Waals surface area contributed by atoms with Crippen molar-refractivity contribution in [3.63, 3.8) is 0 Å². The highest BCUT2D eigenvalue weighted by Gasteiger charge is 2.25. The maximum atomic E-state index is 13.1. The fraction of sp³-hybridized carbons (Fsp3) is 0.400. The molecule has 0 aliphatic carbocycles. The Labute approximate surface area is 199 Å². The number of ether oxygens (including phenoxy) is 3. The summed E-state index contributed by atoms with van der Waals surface area (Å²) in [7, 11) is 3.19. The first-order valence-electron chi connectivity index (χ1n) is 11.3. The number of methoxy groups -OCH3 is 2. The van der Waals surface area contributed by atoms with Gasteiger partial charge in [0.2, 0.25) is 0 Å². The van der Waals surface area contributed by atoms with E-state index in [4.69, 9.17) is 14.2 Å². The van der Waals surface area contributed by atoms with Crippen LogP contribution >= 0.6 is 0 Å². The molecule has 0 fully saturated rings. The summed E-state index contributed by atoms with van der Waals surface area (Å²) in [6.07, 6.45) is 3.24. The van der Waals surface area contributed by atoms with Gasteiger partial charge in [0, 0.05) is 30.4 Å². The lowest BCUT2D eigenvalue weighted by Gasteiger charge is -2.22. The van der Waals surface area contributed by atoms with Crippen molar-refractivity contribution < 1.29 is 24.1 Å². The molecular weight excluding hydrogens is 436 g/mol. The number of fused-ring (bicyclic) bond motifs is 1. The Hall–Kier alpha value is -3.59. The summed E-state index contributed by atoms with van der Waals surface area (Å²) in [6, 6.07) is 8.89. The summed E-state index contributed by atoms with van der Waals surface area (Å²) in [4.78, 5) is 22.2. The summed E-state index contributed by atoms with van der Waals surface area (Å²) >= 11 is 0. The zero-order valence-corrected chi connectivity index (χ0v) is 20.1. The number of anilines is 2. The van der Waals surface area contributed by atoms with Gasteiger partial charge in [0.25, 0.3) is 0 Å². The molecule has 1 atom stereocenters. The van der Waals surface area contributed by atoms with Crippen molar-refractivity contribution in [3.8, 4) is 11.5 Å². The summed E-state index contributed by atoms with van der Waals surface area (Å²) in [6.45, 7) is 4.26. The van der Waals surface area contributed by atoms with Crippen LogP contribution < -0.4 is 20.1 Å². The van der Waals surface area contributed by atoms with E-state index < -0.39 is 5.97 Å². The minimum absolute atomic E-state index is 0.0848. The standard InChI is InChI=1S/C25H32N4O5/c1-5-8-17(15-30)28-23-21(25(31)34-6-2)24(29-19-9-7-12-26-22(19)23)27-14-16-10-11-18(32-3)13-20(16)33-4/h7,9-13,17,30H,5-6,8,14-15H2,1-4H3,(H2,27,28,29)/t17-/m0/s1. The molecule has 2 heterocycles. The largest absolute Gasteiger partial charge is 0.497 e. The van der Waals surface area contributed by atoms with Gasteiger partial charge in [-0.25, -0.2) is 9.78 Å². The summed E-state index contributed by atoms with van der Waals surface area (Å²) in [5.41, 5.74) is 2.74. The van der Waals surface area contributed by atoms with Gasteiger partial charge in [-0.15, -0.1) is 0 Å². The molecule has 0 spiro atoms. The number of nitrogens with zero attached hydrogens (tertiary/aromatic N) is 2. The number of aromatic nitrogens is 2. The highest BCUT2D eigenvalue weighted by atomic mass is 16.5. The van der Waals surface area contributed by atoms with Crippen LogP contribution in [0.25, 0.3) is 11.0 Å². The first-order chi connectivity index (χ1) is 16.6. The molecule has 34 heavy (non-hydrogen) atoms. The minimum Gasteiger partial charge on any atom is -0.497 e. The van der Waals surface area contributed by atoms with Crippen LogP contribution in [0.2, 0.25) is 0 Å². The molecule has 0 radical (unpaired) electrons. The van der Waals surface area contributed by atoms with Gasteiger partial charge < -0.3 is 30.0 Å². The lowest BCUT2D eigenvalue weighted by Crippen LogP contribution is -2.26. The van der Waals surface area contributed by atoms with Crippen LogP contribution in [0.3, 0.4) is 0 Å². The Kier molecular flexibility index (Phi) is 8.86. The third-order valence-corrected chi connectivity index (χ3v) is 5.37. The van der Waals surface area contributed by atoms with Crippen LogP contribution in [-0.2, 0) is 11.3 Å². The van der Waals surface area contributed by atoms with Crippen LogP contribution in [-0.4, -0.2) is 54.5 Å². The maximum absolute atomic E-state index is 13.1. The number of aliphatic hydroxyl groups excluding tert-OH is 1. The Morgan fingerprint density at radius 2 is 2.00 bits per heavy atom. The first kappa shape index (κ1) is 25.0. The number of hydrogen-bond donors (Lipinski definition) is 3. The molecule has 3 aromatic rings. The van der Waals surface area contributed by atoms with E-state index in [9.17, 15) is 9.90 Å². The second-order valence-corrected chi connectivity index (χ2v) is 7.65. The van der Waals surface area contributed by atoms with Gasteiger partial charge in [0.05, 0.1) is 38.6 Å². The van der Waals surface area contributed by atoms with Crippen LogP contribution in [0.15, 0.2) is 36.5 Å². The first-order valence-corrected chi connectivity index (χ1v) is 11.3. The van der Waals surface area contributed by atoms with E-state index in [1.54, 1.807) is 39.5 Å². The topological polar surface area (TPSA) is 115 Å². The van der Waals surface area contributed by atoms with E-state index in [0.29, 0.717) is 40.6 Å². The molecule has 0 aliphatic heterocycles. The molecule has 2 aromatic heterocycles. The molecule has 0 unspecified atom stereocenters. The van der Waals surface area contributed by atoms with Crippen molar-refractivity contribution in [3.05, 3.63) is 47.7 Å². The van der Waals surface area contributed by atoms with Crippen LogP contribution in [0.5, 0.6) is 11.5 Å². The Morgan fingerprint density at radius 1 is 1.18 bits per heavy atom. The number of rotatable bonds is 12. The molecule has 1 aromatic carbocycles. The van der Waals surface area contributed by atoms with Crippen molar-refractivity contribution in [2.24, 2.45) is 0 Å². The second kappa shape index (κ2) is 12.0.